The molecule has 4 heteroatoms. The van der Waals surface area contributed by atoms with Gasteiger partial charge in [0.1, 0.15) is 5.75 Å². The van der Waals surface area contributed by atoms with E-state index in [0.29, 0.717) is 13.2 Å². The average molecular weight is 437 g/mol. The molecule has 33 heavy (non-hydrogen) atoms. The van der Waals surface area contributed by atoms with E-state index in [9.17, 15) is 4.79 Å². The number of hydrogen-bond acceptors (Lipinski definition) is 2. The van der Waals surface area contributed by atoms with Crippen LogP contribution in [-0.2, 0) is 13.0 Å². The summed E-state index contributed by atoms with van der Waals surface area (Å²) in [4.78, 5) is 15.7. The molecule has 1 aliphatic rings. The Morgan fingerprint density at radius 2 is 1.61 bits per heavy atom. The van der Waals surface area contributed by atoms with E-state index in [1.165, 1.54) is 11.1 Å². The van der Waals surface area contributed by atoms with Gasteiger partial charge in [0.2, 0.25) is 0 Å². The van der Waals surface area contributed by atoms with Crippen molar-refractivity contribution in [2.75, 3.05) is 13.2 Å². The van der Waals surface area contributed by atoms with Crippen molar-refractivity contribution in [3.05, 3.63) is 107 Å². The maximum atomic E-state index is 13.8. The third-order valence-electron chi connectivity index (χ3n) is 6.37. The molecule has 3 aromatic carbocycles. The van der Waals surface area contributed by atoms with E-state index in [4.69, 9.17) is 4.74 Å². The first-order chi connectivity index (χ1) is 16.2. The number of benzene rings is 3. The van der Waals surface area contributed by atoms with Crippen LogP contribution in [0.25, 0.3) is 16.9 Å². The Hall–Kier alpha value is -3.79. The lowest BCUT2D eigenvalue weighted by Crippen LogP contribution is -2.36. The van der Waals surface area contributed by atoms with E-state index in [1.807, 2.05) is 67.3 Å². The lowest BCUT2D eigenvalue weighted by molar-refractivity contribution is 0.0734. The maximum absolute atomic E-state index is 13.8. The second-order valence-corrected chi connectivity index (χ2v) is 8.38. The molecule has 0 unspecified atom stereocenters. The Morgan fingerprint density at radius 1 is 0.909 bits per heavy atom. The van der Waals surface area contributed by atoms with Gasteiger partial charge in [0.25, 0.3) is 5.91 Å². The zero-order valence-electron chi connectivity index (χ0n) is 19.1. The Balaban J connectivity index is 1.61. The predicted octanol–water partition coefficient (Wildman–Crippen LogP) is 6.05. The van der Waals surface area contributed by atoms with Crippen molar-refractivity contribution in [1.29, 1.82) is 0 Å². The highest BCUT2D eigenvalue weighted by Crippen LogP contribution is 2.34. The number of para-hydroxylation sites is 2. The Kier molecular flexibility index (Phi) is 5.74. The number of amides is 1. The molecule has 0 fully saturated rings. The van der Waals surface area contributed by atoms with Crippen molar-refractivity contribution < 1.29 is 9.53 Å². The molecule has 1 aromatic heterocycles. The number of carbonyl (C=O) groups excluding carboxylic acids is 1. The first-order valence-electron chi connectivity index (χ1n) is 11.5. The molecule has 0 saturated carbocycles. The Bertz CT molecular complexity index is 1290. The largest absolute Gasteiger partial charge is 0.492 e. The minimum absolute atomic E-state index is 0.0758. The number of aromatic nitrogens is 1. The lowest BCUT2D eigenvalue weighted by atomic mass is 9.99. The molecular formula is C29H28N2O2. The smallest absolute Gasteiger partial charge is 0.256 e. The topological polar surface area (TPSA) is 34.5 Å². The van der Waals surface area contributed by atoms with Crippen LogP contribution in [0.5, 0.6) is 5.75 Å². The van der Waals surface area contributed by atoms with Crippen molar-refractivity contribution in [2.24, 2.45) is 0 Å². The summed E-state index contributed by atoms with van der Waals surface area (Å²) >= 11 is 0. The fourth-order valence-corrected chi connectivity index (χ4v) is 4.71. The van der Waals surface area contributed by atoms with Crippen molar-refractivity contribution >= 4 is 5.91 Å². The van der Waals surface area contributed by atoms with Crippen LogP contribution in [0, 0.1) is 6.92 Å². The average Bonchev–Trinajstić information content (AvgIpc) is 3.21. The number of carbonyl (C=O) groups is 1. The number of ether oxygens (including phenoxy) is 1. The molecule has 0 saturated heterocycles. The summed E-state index contributed by atoms with van der Waals surface area (Å²) < 4.78 is 8.10. The molecule has 0 radical (unpaired) electrons. The molecule has 1 amide bonds. The molecule has 0 aliphatic carbocycles. The normalized spacial score (nSPS) is 13.0. The van der Waals surface area contributed by atoms with Gasteiger partial charge in [-0.15, -0.1) is 0 Å². The number of hydrogen-bond donors (Lipinski definition) is 0. The van der Waals surface area contributed by atoms with E-state index < -0.39 is 0 Å². The predicted molar refractivity (Wildman–Crippen MR) is 132 cm³/mol. The van der Waals surface area contributed by atoms with Gasteiger partial charge in [0, 0.05) is 18.8 Å². The summed E-state index contributed by atoms with van der Waals surface area (Å²) in [5.41, 5.74) is 7.23. The molecule has 2 heterocycles. The van der Waals surface area contributed by atoms with Crippen LogP contribution < -0.4 is 4.74 Å². The van der Waals surface area contributed by atoms with Gasteiger partial charge < -0.3 is 14.2 Å². The molecular weight excluding hydrogens is 408 g/mol. The van der Waals surface area contributed by atoms with Crippen LogP contribution >= 0.6 is 0 Å². The highest BCUT2D eigenvalue weighted by Gasteiger charge is 2.27. The molecule has 0 spiro atoms. The zero-order valence-corrected chi connectivity index (χ0v) is 19.1. The van der Waals surface area contributed by atoms with E-state index in [2.05, 4.69) is 41.0 Å². The zero-order chi connectivity index (χ0) is 22.8. The second-order valence-electron chi connectivity index (χ2n) is 8.38. The molecule has 0 N–H and O–H groups in total. The highest BCUT2D eigenvalue weighted by molar-refractivity contribution is 5.97. The van der Waals surface area contributed by atoms with Gasteiger partial charge >= 0.3 is 0 Å². The SMILES string of the molecule is CCOc1ccccc1-n1c(-c2ccccc2)cc(C(=O)N2CCc3ccccc3C2)c1C. The van der Waals surface area contributed by atoms with Crippen molar-refractivity contribution in [2.45, 2.75) is 26.8 Å². The number of fused-ring (bicyclic) bond motifs is 1. The van der Waals surface area contributed by atoms with Crippen LogP contribution in [0.2, 0.25) is 0 Å². The third-order valence-corrected chi connectivity index (χ3v) is 6.37. The fourth-order valence-electron chi connectivity index (χ4n) is 4.71. The second kappa shape index (κ2) is 8.99. The summed E-state index contributed by atoms with van der Waals surface area (Å²) in [5.74, 6) is 0.883. The molecule has 4 aromatic rings. The van der Waals surface area contributed by atoms with Gasteiger partial charge in [0.15, 0.2) is 0 Å². The molecule has 0 atom stereocenters. The number of nitrogens with zero attached hydrogens (tertiary/aromatic N) is 2. The van der Waals surface area contributed by atoms with E-state index >= 15 is 0 Å². The molecule has 5 rings (SSSR count). The van der Waals surface area contributed by atoms with Gasteiger partial charge in [-0.25, -0.2) is 0 Å². The molecule has 0 bridgehead atoms. The molecule has 166 valence electrons. The third kappa shape index (κ3) is 3.93. The van der Waals surface area contributed by atoms with Crippen LogP contribution in [0.4, 0.5) is 0 Å². The summed E-state index contributed by atoms with van der Waals surface area (Å²) in [6.45, 7) is 5.98. The first-order valence-corrected chi connectivity index (χ1v) is 11.5. The quantitative estimate of drug-likeness (QED) is 0.382. The van der Waals surface area contributed by atoms with E-state index in [1.54, 1.807) is 0 Å². The minimum Gasteiger partial charge on any atom is -0.492 e. The Morgan fingerprint density at radius 3 is 2.39 bits per heavy atom. The molecule has 4 nitrogen and oxygen atoms in total. The monoisotopic (exact) mass is 436 g/mol. The van der Waals surface area contributed by atoms with Gasteiger partial charge in [-0.1, -0.05) is 66.7 Å². The van der Waals surface area contributed by atoms with Crippen LogP contribution in [0.3, 0.4) is 0 Å². The first kappa shape index (κ1) is 21.1. The van der Waals surface area contributed by atoms with Gasteiger partial charge in [-0.2, -0.15) is 0 Å². The van der Waals surface area contributed by atoms with E-state index in [0.717, 1.165) is 46.9 Å². The summed E-state index contributed by atoms with van der Waals surface area (Å²) in [7, 11) is 0. The lowest BCUT2D eigenvalue weighted by Gasteiger charge is -2.29. The Labute approximate surface area is 195 Å². The number of rotatable bonds is 5. The van der Waals surface area contributed by atoms with Crippen molar-refractivity contribution in [3.8, 4) is 22.7 Å². The van der Waals surface area contributed by atoms with E-state index in [-0.39, 0.29) is 5.91 Å². The fraction of sp³-hybridized carbons (Fsp3) is 0.207. The summed E-state index contributed by atoms with van der Waals surface area (Å²) in [6, 6.07) is 28.7. The van der Waals surface area contributed by atoms with Crippen molar-refractivity contribution in [3.63, 3.8) is 0 Å². The van der Waals surface area contributed by atoms with Crippen molar-refractivity contribution in [1.82, 2.24) is 9.47 Å². The molecule has 1 aliphatic heterocycles. The van der Waals surface area contributed by atoms with Crippen LogP contribution in [-0.4, -0.2) is 28.5 Å². The van der Waals surface area contributed by atoms with Gasteiger partial charge in [0.05, 0.1) is 23.6 Å². The maximum Gasteiger partial charge on any atom is 0.256 e. The van der Waals surface area contributed by atoms with Crippen LogP contribution in [0.1, 0.15) is 34.1 Å². The summed E-state index contributed by atoms with van der Waals surface area (Å²) in [5, 5.41) is 0. The highest BCUT2D eigenvalue weighted by atomic mass is 16.5. The van der Waals surface area contributed by atoms with Gasteiger partial charge in [-0.3, -0.25) is 4.79 Å². The van der Waals surface area contributed by atoms with Gasteiger partial charge in [-0.05, 0) is 55.2 Å². The summed E-state index contributed by atoms with van der Waals surface area (Å²) in [6.07, 6.45) is 0.889. The minimum atomic E-state index is 0.0758. The standard InChI is InChI=1S/C29H28N2O2/c1-3-33-28-16-10-9-15-26(28)31-21(2)25(19-27(31)23-12-5-4-6-13-23)29(32)30-18-17-22-11-7-8-14-24(22)20-30/h4-16,19H,3,17-18,20H2,1-2H3. The van der Waals surface area contributed by atoms with Crippen LogP contribution in [0.15, 0.2) is 84.9 Å².